The molecule has 152 valence electrons. The van der Waals surface area contributed by atoms with Crippen molar-refractivity contribution in [2.45, 2.75) is 0 Å². The number of methoxy groups -OCH3 is 1. The molecule has 4 aromatic rings. The Kier molecular flexibility index (Phi) is 6.10. The van der Waals surface area contributed by atoms with Gasteiger partial charge in [-0.2, -0.15) is 0 Å². The predicted octanol–water partition coefficient (Wildman–Crippen LogP) is 4.96. The van der Waals surface area contributed by atoms with Gasteiger partial charge in [0, 0.05) is 16.7 Å². The number of esters is 1. The third-order valence-corrected chi connectivity index (χ3v) is 4.44. The summed E-state index contributed by atoms with van der Waals surface area (Å²) in [6.07, 6.45) is 0. The van der Waals surface area contributed by atoms with Gasteiger partial charge < -0.3 is 13.9 Å². The monoisotopic (exact) mass is 409 g/mol. The molecule has 0 fully saturated rings. The molecule has 3 aromatic carbocycles. The SMILES string of the molecule is COC(=O)COc1cccc(C#Cc2nc(-c3ccccc3)c(-c3ccccc3)o2)c1. The largest absolute Gasteiger partial charge is 0.482 e. The molecule has 0 N–H and O–H groups in total. The first-order valence-electron chi connectivity index (χ1n) is 9.66. The topological polar surface area (TPSA) is 61.6 Å². The summed E-state index contributed by atoms with van der Waals surface area (Å²) in [5.74, 6) is 7.11. The van der Waals surface area contributed by atoms with Crippen molar-refractivity contribution in [1.82, 2.24) is 4.98 Å². The van der Waals surface area contributed by atoms with E-state index < -0.39 is 5.97 Å². The van der Waals surface area contributed by atoms with E-state index in [-0.39, 0.29) is 6.61 Å². The number of hydrogen-bond acceptors (Lipinski definition) is 5. The number of oxazole rings is 1. The second-order valence-electron chi connectivity index (χ2n) is 6.57. The van der Waals surface area contributed by atoms with Crippen molar-refractivity contribution in [3.63, 3.8) is 0 Å². The highest BCUT2D eigenvalue weighted by Crippen LogP contribution is 2.32. The Morgan fingerprint density at radius 1 is 0.903 bits per heavy atom. The summed E-state index contributed by atoms with van der Waals surface area (Å²) >= 11 is 0. The van der Waals surface area contributed by atoms with Crippen molar-refractivity contribution >= 4 is 5.97 Å². The maximum absolute atomic E-state index is 11.3. The number of nitrogens with zero attached hydrogens (tertiary/aromatic N) is 1. The molecule has 31 heavy (non-hydrogen) atoms. The number of rotatable bonds is 5. The zero-order valence-electron chi connectivity index (χ0n) is 16.9. The average molecular weight is 409 g/mol. The first-order valence-corrected chi connectivity index (χ1v) is 9.66. The van der Waals surface area contributed by atoms with E-state index in [0.29, 0.717) is 23.0 Å². The first-order chi connectivity index (χ1) is 15.2. The van der Waals surface area contributed by atoms with Crippen LogP contribution < -0.4 is 4.74 Å². The molecule has 0 aliphatic heterocycles. The van der Waals surface area contributed by atoms with Gasteiger partial charge in [0.1, 0.15) is 11.4 Å². The zero-order chi connectivity index (χ0) is 21.5. The van der Waals surface area contributed by atoms with Gasteiger partial charge >= 0.3 is 5.97 Å². The third kappa shape index (κ3) is 5.01. The van der Waals surface area contributed by atoms with Gasteiger partial charge in [0.15, 0.2) is 12.4 Å². The number of ether oxygens (including phenoxy) is 2. The number of carbonyl (C=O) groups excluding carboxylic acids is 1. The summed E-state index contributed by atoms with van der Waals surface area (Å²) < 4.78 is 16.0. The predicted molar refractivity (Wildman–Crippen MR) is 117 cm³/mol. The summed E-state index contributed by atoms with van der Waals surface area (Å²) in [6, 6.07) is 26.8. The van der Waals surface area contributed by atoms with E-state index in [4.69, 9.17) is 9.15 Å². The second-order valence-corrected chi connectivity index (χ2v) is 6.57. The highest BCUT2D eigenvalue weighted by atomic mass is 16.6. The lowest BCUT2D eigenvalue weighted by molar-refractivity contribution is -0.142. The van der Waals surface area contributed by atoms with Gasteiger partial charge in [-0.3, -0.25) is 0 Å². The maximum atomic E-state index is 11.3. The minimum absolute atomic E-state index is 0.159. The van der Waals surface area contributed by atoms with Crippen LogP contribution in [-0.4, -0.2) is 24.7 Å². The molecule has 0 saturated heterocycles. The van der Waals surface area contributed by atoms with Crippen LogP contribution in [0.15, 0.2) is 89.3 Å². The molecule has 4 rings (SSSR count). The lowest BCUT2D eigenvalue weighted by atomic mass is 10.1. The van der Waals surface area contributed by atoms with Crippen molar-refractivity contribution in [3.05, 3.63) is 96.4 Å². The van der Waals surface area contributed by atoms with E-state index in [9.17, 15) is 4.79 Å². The molecular weight excluding hydrogens is 390 g/mol. The summed E-state index contributed by atoms with van der Waals surface area (Å²) in [5, 5.41) is 0. The standard InChI is InChI=1S/C26H19NO4/c1-29-24(28)18-30-22-14-8-9-19(17-22)15-16-23-27-25(20-10-4-2-5-11-20)26(31-23)21-12-6-3-7-13-21/h2-14,17H,18H2,1H3. The Balaban J connectivity index is 1.64. The van der Waals surface area contributed by atoms with Gasteiger partial charge in [-0.1, -0.05) is 72.7 Å². The van der Waals surface area contributed by atoms with Crippen LogP contribution in [0.3, 0.4) is 0 Å². The molecule has 0 spiro atoms. The summed E-state index contributed by atoms with van der Waals surface area (Å²) in [5.41, 5.74) is 3.34. The van der Waals surface area contributed by atoms with Crippen molar-refractivity contribution < 1.29 is 18.7 Å². The van der Waals surface area contributed by atoms with E-state index in [1.54, 1.807) is 18.2 Å². The molecule has 0 atom stereocenters. The minimum Gasteiger partial charge on any atom is -0.482 e. The van der Waals surface area contributed by atoms with E-state index in [0.717, 1.165) is 16.8 Å². The molecule has 0 bridgehead atoms. The van der Waals surface area contributed by atoms with Crippen LogP contribution in [0.4, 0.5) is 0 Å². The molecule has 0 aliphatic carbocycles. The smallest absolute Gasteiger partial charge is 0.343 e. The van der Waals surface area contributed by atoms with Crippen LogP contribution in [-0.2, 0) is 9.53 Å². The zero-order valence-corrected chi connectivity index (χ0v) is 16.9. The fraction of sp³-hybridized carbons (Fsp3) is 0.0769. The van der Waals surface area contributed by atoms with Gasteiger partial charge in [0.2, 0.25) is 0 Å². The average Bonchev–Trinajstić information content (AvgIpc) is 3.27. The highest BCUT2D eigenvalue weighted by molar-refractivity contribution is 5.77. The van der Waals surface area contributed by atoms with E-state index >= 15 is 0 Å². The van der Waals surface area contributed by atoms with Gasteiger partial charge in [-0.15, -0.1) is 0 Å². The highest BCUT2D eigenvalue weighted by Gasteiger charge is 2.15. The van der Waals surface area contributed by atoms with E-state index in [1.807, 2.05) is 66.7 Å². The molecule has 1 aromatic heterocycles. The van der Waals surface area contributed by atoms with Crippen molar-refractivity contribution in [3.8, 4) is 40.2 Å². The molecule has 1 heterocycles. The summed E-state index contributed by atoms with van der Waals surface area (Å²) in [6.45, 7) is -0.159. The molecule has 5 nitrogen and oxygen atoms in total. The molecule has 5 heteroatoms. The molecule has 0 aliphatic rings. The Bertz CT molecular complexity index is 1180. The maximum Gasteiger partial charge on any atom is 0.343 e. The van der Waals surface area contributed by atoms with E-state index in [1.165, 1.54) is 7.11 Å². The van der Waals surface area contributed by atoms with Crippen LogP contribution >= 0.6 is 0 Å². The summed E-state index contributed by atoms with van der Waals surface area (Å²) in [4.78, 5) is 15.9. The molecular formula is C26H19NO4. The van der Waals surface area contributed by atoms with Crippen LogP contribution in [0.25, 0.3) is 22.6 Å². The Hall–Kier alpha value is -4.30. The molecule has 0 radical (unpaired) electrons. The molecule has 0 saturated carbocycles. The van der Waals surface area contributed by atoms with Crippen LogP contribution in [0.1, 0.15) is 11.5 Å². The van der Waals surface area contributed by atoms with Gasteiger partial charge in [-0.05, 0) is 24.1 Å². The van der Waals surface area contributed by atoms with Crippen LogP contribution in [0, 0.1) is 11.8 Å². The molecule has 0 unspecified atom stereocenters. The van der Waals surface area contributed by atoms with Gasteiger partial charge in [0.05, 0.1) is 7.11 Å². The van der Waals surface area contributed by atoms with E-state index in [2.05, 4.69) is 21.6 Å². The van der Waals surface area contributed by atoms with Crippen LogP contribution in [0.5, 0.6) is 5.75 Å². The third-order valence-electron chi connectivity index (χ3n) is 4.44. The fourth-order valence-corrected chi connectivity index (χ4v) is 2.94. The normalized spacial score (nSPS) is 10.1. The fourth-order valence-electron chi connectivity index (χ4n) is 2.94. The number of hydrogen-bond donors (Lipinski definition) is 0. The Morgan fingerprint density at radius 2 is 1.61 bits per heavy atom. The van der Waals surface area contributed by atoms with Crippen molar-refractivity contribution in [2.24, 2.45) is 0 Å². The quantitative estimate of drug-likeness (QED) is 0.344. The first kappa shape index (κ1) is 20.0. The Labute approximate surface area is 180 Å². The van der Waals surface area contributed by atoms with Crippen LogP contribution in [0.2, 0.25) is 0 Å². The number of benzene rings is 3. The number of carbonyl (C=O) groups is 1. The molecule has 0 amide bonds. The second kappa shape index (κ2) is 9.47. The lowest BCUT2D eigenvalue weighted by Crippen LogP contribution is -2.12. The minimum atomic E-state index is -0.446. The van der Waals surface area contributed by atoms with Crippen molar-refractivity contribution in [1.29, 1.82) is 0 Å². The van der Waals surface area contributed by atoms with Gasteiger partial charge in [-0.25, -0.2) is 9.78 Å². The lowest BCUT2D eigenvalue weighted by Gasteiger charge is -2.04. The van der Waals surface area contributed by atoms with Gasteiger partial charge in [0.25, 0.3) is 5.89 Å². The Morgan fingerprint density at radius 3 is 2.32 bits per heavy atom. The van der Waals surface area contributed by atoms with Crippen molar-refractivity contribution in [2.75, 3.05) is 13.7 Å². The number of aromatic nitrogens is 1. The summed E-state index contributed by atoms with van der Waals surface area (Å²) in [7, 11) is 1.32.